The van der Waals surface area contributed by atoms with Crippen LogP contribution in [0.15, 0.2) is 42.8 Å². The molecular weight excluding hydrogens is 164 g/mol. The molecule has 0 fully saturated rings. The van der Waals surface area contributed by atoms with Crippen molar-refractivity contribution in [3.05, 3.63) is 42.8 Å². The van der Waals surface area contributed by atoms with Gasteiger partial charge in [0.05, 0.1) is 0 Å². The van der Waals surface area contributed by atoms with E-state index in [0.29, 0.717) is 0 Å². The van der Waals surface area contributed by atoms with E-state index in [2.05, 4.69) is 4.98 Å². The molecular formula is C10H10N2O. The van der Waals surface area contributed by atoms with E-state index in [1.54, 1.807) is 12.3 Å². The van der Waals surface area contributed by atoms with Crippen LogP contribution in [-0.4, -0.2) is 16.6 Å². The van der Waals surface area contributed by atoms with Crippen LogP contribution in [0.3, 0.4) is 0 Å². The molecule has 1 aliphatic rings. The summed E-state index contributed by atoms with van der Waals surface area (Å²) in [5.74, 6) is 0.0717. The van der Waals surface area contributed by atoms with Crippen molar-refractivity contribution in [1.82, 2.24) is 4.98 Å². The molecule has 0 atom stereocenters. The summed E-state index contributed by atoms with van der Waals surface area (Å²) in [5, 5.41) is 9.45. The smallest absolute Gasteiger partial charge is 0.235 e. The van der Waals surface area contributed by atoms with Gasteiger partial charge in [-0.15, -0.1) is 0 Å². The van der Waals surface area contributed by atoms with Crippen molar-refractivity contribution in [2.75, 3.05) is 11.4 Å². The molecule has 13 heavy (non-hydrogen) atoms. The van der Waals surface area contributed by atoms with E-state index in [4.69, 9.17) is 0 Å². The summed E-state index contributed by atoms with van der Waals surface area (Å²) in [6, 6.07) is 3.65. The van der Waals surface area contributed by atoms with Gasteiger partial charge in [0.2, 0.25) is 5.88 Å². The van der Waals surface area contributed by atoms with Crippen LogP contribution in [0.25, 0.3) is 0 Å². The number of hydrogen-bond donors (Lipinski definition) is 1. The normalized spacial score (nSPS) is 14.9. The SMILES string of the molecule is Oc1ncccc1N1C=CC=CC1. The molecule has 0 saturated carbocycles. The van der Waals surface area contributed by atoms with Crippen molar-refractivity contribution in [2.45, 2.75) is 0 Å². The maximum absolute atomic E-state index is 9.45. The molecule has 1 N–H and O–H groups in total. The van der Waals surface area contributed by atoms with Gasteiger partial charge in [0.15, 0.2) is 0 Å². The van der Waals surface area contributed by atoms with Gasteiger partial charge in [0.25, 0.3) is 0 Å². The molecule has 0 amide bonds. The van der Waals surface area contributed by atoms with E-state index in [1.807, 2.05) is 35.4 Å². The van der Waals surface area contributed by atoms with Gasteiger partial charge in [-0.2, -0.15) is 0 Å². The molecule has 0 saturated heterocycles. The van der Waals surface area contributed by atoms with Gasteiger partial charge in [-0.25, -0.2) is 4.98 Å². The Morgan fingerprint density at radius 3 is 3.00 bits per heavy atom. The Kier molecular flexibility index (Phi) is 2.00. The van der Waals surface area contributed by atoms with Gasteiger partial charge in [0, 0.05) is 18.9 Å². The molecule has 1 aromatic rings. The van der Waals surface area contributed by atoms with Crippen molar-refractivity contribution >= 4 is 5.69 Å². The number of aromatic nitrogens is 1. The first-order valence-electron chi connectivity index (χ1n) is 4.12. The van der Waals surface area contributed by atoms with Gasteiger partial charge in [-0.1, -0.05) is 12.2 Å². The molecule has 0 spiro atoms. The number of aromatic hydroxyl groups is 1. The lowest BCUT2D eigenvalue weighted by Crippen LogP contribution is -2.17. The first-order chi connectivity index (χ1) is 6.38. The Morgan fingerprint density at radius 1 is 1.38 bits per heavy atom. The number of pyridine rings is 1. The zero-order valence-electron chi connectivity index (χ0n) is 7.09. The number of rotatable bonds is 1. The lowest BCUT2D eigenvalue weighted by molar-refractivity contribution is 0.454. The standard InChI is InChI=1S/C10H10N2O/c13-10-9(5-4-6-11-10)12-7-2-1-3-8-12/h1-7H,8H2,(H,11,13). The lowest BCUT2D eigenvalue weighted by Gasteiger charge is -2.20. The summed E-state index contributed by atoms with van der Waals surface area (Å²) >= 11 is 0. The highest BCUT2D eigenvalue weighted by molar-refractivity contribution is 5.57. The third-order valence-electron chi connectivity index (χ3n) is 1.89. The fourth-order valence-electron chi connectivity index (χ4n) is 1.26. The minimum Gasteiger partial charge on any atom is -0.492 e. The zero-order chi connectivity index (χ0) is 9.10. The van der Waals surface area contributed by atoms with Crippen LogP contribution in [-0.2, 0) is 0 Å². The van der Waals surface area contributed by atoms with E-state index in [9.17, 15) is 5.11 Å². The van der Waals surface area contributed by atoms with Crippen LogP contribution in [0.5, 0.6) is 5.88 Å². The topological polar surface area (TPSA) is 36.4 Å². The second kappa shape index (κ2) is 3.31. The van der Waals surface area contributed by atoms with E-state index in [0.717, 1.165) is 12.2 Å². The van der Waals surface area contributed by atoms with Crippen LogP contribution in [0, 0.1) is 0 Å². The maximum atomic E-state index is 9.45. The van der Waals surface area contributed by atoms with Crippen LogP contribution in [0.4, 0.5) is 5.69 Å². The largest absolute Gasteiger partial charge is 0.492 e. The molecule has 3 heteroatoms. The second-order valence-electron chi connectivity index (χ2n) is 2.77. The van der Waals surface area contributed by atoms with Crippen molar-refractivity contribution in [3.63, 3.8) is 0 Å². The molecule has 0 radical (unpaired) electrons. The van der Waals surface area contributed by atoms with Gasteiger partial charge in [-0.05, 0) is 18.2 Å². The molecule has 1 aliphatic heterocycles. The first kappa shape index (κ1) is 7.86. The lowest BCUT2D eigenvalue weighted by atomic mass is 10.3. The summed E-state index contributed by atoms with van der Waals surface area (Å²) in [7, 11) is 0. The Morgan fingerprint density at radius 2 is 2.31 bits per heavy atom. The van der Waals surface area contributed by atoms with Crippen molar-refractivity contribution < 1.29 is 5.11 Å². The van der Waals surface area contributed by atoms with E-state index in [1.165, 1.54) is 0 Å². The van der Waals surface area contributed by atoms with E-state index < -0.39 is 0 Å². The Labute approximate surface area is 76.6 Å². The van der Waals surface area contributed by atoms with E-state index >= 15 is 0 Å². The van der Waals surface area contributed by atoms with Crippen LogP contribution in [0.2, 0.25) is 0 Å². The van der Waals surface area contributed by atoms with Crippen LogP contribution in [0.1, 0.15) is 0 Å². The van der Waals surface area contributed by atoms with Crippen molar-refractivity contribution in [1.29, 1.82) is 0 Å². The minimum atomic E-state index is 0.0717. The highest BCUT2D eigenvalue weighted by atomic mass is 16.3. The van der Waals surface area contributed by atoms with Gasteiger partial charge in [-0.3, -0.25) is 0 Å². The summed E-state index contributed by atoms with van der Waals surface area (Å²) < 4.78 is 0. The second-order valence-corrected chi connectivity index (χ2v) is 2.77. The monoisotopic (exact) mass is 174 g/mol. The van der Waals surface area contributed by atoms with Crippen LogP contribution < -0.4 is 4.90 Å². The Hall–Kier alpha value is -1.77. The molecule has 66 valence electrons. The third-order valence-corrected chi connectivity index (χ3v) is 1.89. The van der Waals surface area contributed by atoms with Crippen molar-refractivity contribution in [3.8, 4) is 5.88 Å². The molecule has 0 aromatic carbocycles. The van der Waals surface area contributed by atoms with E-state index in [-0.39, 0.29) is 5.88 Å². The Balaban J connectivity index is 2.30. The number of allylic oxidation sites excluding steroid dienone is 2. The predicted molar refractivity (Wildman–Crippen MR) is 51.5 cm³/mol. The first-order valence-corrected chi connectivity index (χ1v) is 4.12. The van der Waals surface area contributed by atoms with Gasteiger partial charge in [0.1, 0.15) is 5.69 Å². The summed E-state index contributed by atoms with van der Waals surface area (Å²) in [4.78, 5) is 5.74. The molecule has 0 aliphatic carbocycles. The molecule has 2 heterocycles. The predicted octanol–water partition coefficient (Wildman–Crippen LogP) is 1.68. The molecule has 2 rings (SSSR count). The molecule has 0 unspecified atom stereocenters. The zero-order valence-corrected chi connectivity index (χ0v) is 7.09. The number of nitrogens with zero attached hydrogens (tertiary/aromatic N) is 2. The van der Waals surface area contributed by atoms with Gasteiger partial charge >= 0.3 is 0 Å². The average molecular weight is 174 g/mol. The minimum absolute atomic E-state index is 0.0717. The summed E-state index contributed by atoms with van der Waals surface area (Å²) in [5.41, 5.74) is 0.739. The quantitative estimate of drug-likeness (QED) is 0.703. The molecule has 1 aromatic heterocycles. The highest BCUT2D eigenvalue weighted by Gasteiger charge is 2.07. The highest BCUT2D eigenvalue weighted by Crippen LogP contribution is 2.24. The number of hydrogen-bond acceptors (Lipinski definition) is 3. The average Bonchev–Trinajstić information content (AvgIpc) is 2.20. The maximum Gasteiger partial charge on any atom is 0.235 e. The van der Waals surface area contributed by atoms with Crippen molar-refractivity contribution in [2.24, 2.45) is 0 Å². The Bertz CT molecular complexity index is 358. The fraction of sp³-hybridized carbons (Fsp3) is 0.100. The van der Waals surface area contributed by atoms with Gasteiger partial charge < -0.3 is 10.0 Å². The summed E-state index contributed by atoms with van der Waals surface area (Å²) in [6.45, 7) is 0.774. The summed E-state index contributed by atoms with van der Waals surface area (Å²) in [6.07, 6.45) is 9.41. The third kappa shape index (κ3) is 1.54. The molecule has 0 bridgehead atoms. The number of anilines is 1. The van der Waals surface area contributed by atoms with Crippen LogP contribution >= 0.6 is 0 Å². The molecule has 3 nitrogen and oxygen atoms in total. The fourth-order valence-corrected chi connectivity index (χ4v) is 1.26.